The smallest absolute Gasteiger partial charge is 0.224 e. The summed E-state index contributed by atoms with van der Waals surface area (Å²) in [5.41, 5.74) is 7.26. The molecule has 4 atom stereocenters. The summed E-state index contributed by atoms with van der Waals surface area (Å²) in [6, 6.07) is 9.96. The van der Waals surface area contributed by atoms with Gasteiger partial charge in [-0.2, -0.15) is 0 Å². The second-order valence-electron chi connectivity index (χ2n) is 6.54. The Balaban J connectivity index is 1.90. The van der Waals surface area contributed by atoms with Crippen LogP contribution < -0.4 is 11.1 Å². The second kappa shape index (κ2) is 7.60. The van der Waals surface area contributed by atoms with Gasteiger partial charge in [-0.05, 0) is 30.7 Å². The van der Waals surface area contributed by atoms with E-state index in [0.29, 0.717) is 6.04 Å². The lowest BCUT2D eigenvalue weighted by Gasteiger charge is -2.23. The average molecular weight is 288 g/mol. The fourth-order valence-electron chi connectivity index (χ4n) is 3.09. The van der Waals surface area contributed by atoms with Gasteiger partial charge >= 0.3 is 0 Å². The van der Waals surface area contributed by atoms with Crippen LogP contribution in [0.15, 0.2) is 30.3 Å². The van der Waals surface area contributed by atoms with Crippen LogP contribution >= 0.6 is 0 Å². The quantitative estimate of drug-likeness (QED) is 0.834. The zero-order chi connectivity index (χ0) is 15.2. The van der Waals surface area contributed by atoms with Crippen LogP contribution in [0.1, 0.15) is 57.6 Å². The highest BCUT2D eigenvalue weighted by atomic mass is 16.1. The molecular weight excluding hydrogens is 260 g/mol. The van der Waals surface area contributed by atoms with Crippen molar-refractivity contribution in [2.24, 2.45) is 17.6 Å². The topological polar surface area (TPSA) is 55.1 Å². The van der Waals surface area contributed by atoms with Crippen molar-refractivity contribution in [2.45, 2.75) is 58.0 Å². The molecule has 1 aliphatic rings. The number of benzene rings is 1. The summed E-state index contributed by atoms with van der Waals surface area (Å²) in [5.74, 6) is 0.676. The first-order valence-corrected chi connectivity index (χ1v) is 8.19. The maximum Gasteiger partial charge on any atom is 0.224 e. The van der Waals surface area contributed by atoms with E-state index in [1.165, 1.54) is 19.3 Å². The van der Waals surface area contributed by atoms with Crippen molar-refractivity contribution in [2.75, 3.05) is 0 Å². The summed E-state index contributed by atoms with van der Waals surface area (Å²) in [5, 5.41) is 3.21. The van der Waals surface area contributed by atoms with Gasteiger partial charge in [0.25, 0.3) is 0 Å². The highest BCUT2D eigenvalue weighted by Gasteiger charge is 2.25. The average Bonchev–Trinajstić information content (AvgIpc) is 2.71. The van der Waals surface area contributed by atoms with Crippen LogP contribution in [0.3, 0.4) is 0 Å². The fraction of sp³-hybridized carbons (Fsp3) is 0.611. The van der Waals surface area contributed by atoms with Crippen molar-refractivity contribution < 1.29 is 4.79 Å². The fourth-order valence-corrected chi connectivity index (χ4v) is 3.09. The summed E-state index contributed by atoms with van der Waals surface area (Å²) < 4.78 is 0. The van der Waals surface area contributed by atoms with Gasteiger partial charge in [0.2, 0.25) is 5.91 Å². The Bertz CT molecular complexity index is 446. The predicted octanol–water partition coefficient (Wildman–Crippen LogP) is 3.41. The minimum absolute atomic E-state index is 0.0888. The monoisotopic (exact) mass is 288 g/mol. The Morgan fingerprint density at radius 3 is 2.62 bits per heavy atom. The van der Waals surface area contributed by atoms with Gasteiger partial charge in [-0.3, -0.25) is 4.79 Å². The van der Waals surface area contributed by atoms with E-state index < -0.39 is 0 Å². The Hall–Kier alpha value is -1.35. The first-order valence-electron chi connectivity index (χ1n) is 8.19. The molecule has 0 heterocycles. The van der Waals surface area contributed by atoms with E-state index in [2.05, 4.69) is 12.2 Å². The lowest BCUT2D eigenvalue weighted by atomic mass is 9.94. The van der Waals surface area contributed by atoms with Gasteiger partial charge in [0, 0.05) is 12.1 Å². The van der Waals surface area contributed by atoms with E-state index in [-0.39, 0.29) is 17.9 Å². The summed E-state index contributed by atoms with van der Waals surface area (Å²) in [6.07, 6.45) is 5.91. The summed E-state index contributed by atoms with van der Waals surface area (Å²) in [6.45, 7) is 4.23. The molecule has 116 valence electrons. The number of amides is 1. The van der Waals surface area contributed by atoms with Crippen LogP contribution in [0.4, 0.5) is 0 Å². The van der Waals surface area contributed by atoms with Gasteiger partial charge in [0.1, 0.15) is 0 Å². The molecule has 0 spiro atoms. The van der Waals surface area contributed by atoms with E-state index in [9.17, 15) is 4.79 Å². The van der Waals surface area contributed by atoms with Crippen LogP contribution in [0.5, 0.6) is 0 Å². The number of carbonyl (C=O) groups excluding carboxylic acids is 1. The lowest BCUT2D eigenvalue weighted by molar-refractivity contribution is -0.126. The minimum atomic E-state index is -0.240. The highest BCUT2D eigenvalue weighted by Crippen LogP contribution is 2.24. The molecule has 2 rings (SSSR count). The Morgan fingerprint density at radius 1 is 1.19 bits per heavy atom. The van der Waals surface area contributed by atoms with Gasteiger partial charge in [0.05, 0.1) is 5.92 Å². The molecule has 4 unspecified atom stereocenters. The standard InChI is InChI=1S/C18H28N2O/c1-13-7-6-10-16(12-11-13)20-18(21)14(2)17(19)15-8-4-3-5-9-15/h3-5,8-9,13-14,16-17H,6-7,10-12,19H2,1-2H3,(H,20,21). The first kappa shape index (κ1) is 16.0. The van der Waals surface area contributed by atoms with Crippen molar-refractivity contribution in [3.63, 3.8) is 0 Å². The molecular formula is C18H28N2O. The maximum atomic E-state index is 12.4. The van der Waals surface area contributed by atoms with E-state index >= 15 is 0 Å². The Labute approximate surface area is 128 Å². The third-order valence-electron chi connectivity index (χ3n) is 4.74. The van der Waals surface area contributed by atoms with Gasteiger partial charge in [-0.15, -0.1) is 0 Å². The Morgan fingerprint density at radius 2 is 1.90 bits per heavy atom. The third kappa shape index (κ3) is 4.57. The van der Waals surface area contributed by atoms with Crippen LogP contribution in [0.25, 0.3) is 0 Å². The van der Waals surface area contributed by atoms with Crippen molar-refractivity contribution >= 4 is 5.91 Å². The van der Waals surface area contributed by atoms with Crippen LogP contribution in [0.2, 0.25) is 0 Å². The SMILES string of the molecule is CC1CCCC(NC(=O)C(C)C(N)c2ccccc2)CC1. The van der Waals surface area contributed by atoms with Crippen molar-refractivity contribution in [1.29, 1.82) is 0 Å². The molecule has 0 aromatic heterocycles. The molecule has 0 saturated heterocycles. The Kier molecular flexibility index (Phi) is 5.80. The third-order valence-corrected chi connectivity index (χ3v) is 4.74. The van der Waals surface area contributed by atoms with Gasteiger partial charge in [0.15, 0.2) is 0 Å². The number of hydrogen-bond donors (Lipinski definition) is 2. The molecule has 1 fully saturated rings. The number of carbonyl (C=O) groups is 1. The normalized spacial score (nSPS) is 25.7. The van der Waals surface area contributed by atoms with E-state index in [1.54, 1.807) is 0 Å². The van der Waals surface area contributed by atoms with Gasteiger partial charge in [-0.25, -0.2) is 0 Å². The van der Waals surface area contributed by atoms with Crippen molar-refractivity contribution in [3.8, 4) is 0 Å². The zero-order valence-electron chi connectivity index (χ0n) is 13.2. The maximum absolute atomic E-state index is 12.4. The lowest BCUT2D eigenvalue weighted by Crippen LogP contribution is -2.41. The number of nitrogens with two attached hydrogens (primary N) is 1. The molecule has 3 nitrogen and oxygen atoms in total. The summed E-state index contributed by atoms with van der Waals surface area (Å²) in [7, 11) is 0. The van der Waals surface area contributed by atoms with E-state index in [4.69, 9.17) is 5.73 Å². The molecule has 0 radical (unpaired) electrons. The zero-order valence-corrected chi connectivity index (χ0v) is 13.2. The number of nitrogens with one attached hydrogen (secondary N) is 1. The molecule has 3 N–H and O–H groups in total. The van der Waals surface area contributed by atoms with Gasteiger partial charge < -0.3 is 11.1 Å². The molecule has 1 amide bonds. The highest BCUT2D eigenvalue weighted by molar-refractivity contribution is 5.79. The molecule has 1 aromatic rings. The molecule has 0 bridgehead atoms. The van der Waals surface area contributed by atoms with Crippen LogP contribution in [-0.4, -0.2) is 11.9 Å². The molecule has 3 heteroatoms. The molecule has 1 saturated carbocycles. The predicted molar refractivity (Wildman–Crippen MR) is 86.7 cm³/mol. The molecule has 1 aliphatic carbocycles. The van der Waals surface area contributed by atoms with Crippen molar-refractivity contribution in [3.05, 3.63) is 35.9 Å². The minimum Gasteiger partial charge on any atom is -0.353 e. The van der Waals surface area contributed by atoms with Gasteiger partial charge in [-0.1, -0.05) is 57.0 Å². The molecule has 21 heavy (non-hydrogen) atoms. The van der Waals surface area contributed by atoms with E-state index in [1.807, 2.05) is 37.3 Å². The largest absolute Gasteiger partial charge is 0.353 e. The number of hydrogen-bond acceptors (Lipinski definition) is 2. The summed E-state index contributed by atoms with van der Waals surface area (Å²) in [4.78, 5) is 12.4. The number of rotatable bonds is 4. The second-order valence-corrected chi connectivity index (χ2v) is 6.54. The van der Waals surface area contributed by atoms with Crippen LogP contribution in [-0.2, 0) is 4.79 Å². The first-order chi connectivity index (χ1) is 10.1. The molecule has 0 aliphatic heterocycles. The van der Waals surface area contributed by atoms with Crippen molar-refractivity contribution in [1.82, 2.24) is 5.32 Å². The van der Waals surface area contributed by atoms with Crippen LogP contribution in [0, 0.1) is 11.8 Å². The summed E-state index contributed by atoms with van der Waals surface area (Å²) >= 11 is 0. The van der Waals surface area contributed by atoms with E-state index in [0.717, 1.165) is 24.3 Å². The molecule has 1 aromatic carbocycles.